The van der Waals surface area contributed by atoms with E-state index in [1.165, 1.54) is 11.3 Å². The minimum Gasteiger partial charge on any atom is -0.478 e. The van der Waals surface area contributed by atoms with Crippen LogP contribution >= 0.6 is 11.3 Å². The van der Waals surface area contributed by atoms with E-state index >= 15 is 0 Å². The number of thiophene rings is 1. The van der Waals surface area contributed by atoms with Crippen molar-refractivity contribution in [2.24, 2.45) is 5.92 Å². The number of amides is 1. The van der Waals surface area contributed by atoms with Crippen LogP contribution in [0.4, 0.5) is 0 Å². The monoisotopic (exact) mass is 293 g/mol. The van der Waals surface area contributed by atoms with Crippen molar-refractivity contribution in [2.45, 2.75) is 26.7 Å². The molecule has 0 spiro atoms. The summed E-state index contributed by atoms with van der Waals surface area (Å²) in [6.07, 6.45) is 4.77. The Balaban J connectivity index is 2.11. The highest BCUT2D eigenvalue weighted by atomic mass is 32.1. The number of carboxylic acids is 1. The highest BCUT2D eigenvalue weighted by molar-refractivity contribution is 7.15. The van der Waals surface area contributed by atoms with Crippen LogP contribution in [0.1, 0.15) is 39.9 Å². The van der Waals surface area contributed by atoms with Crippen molar-refractivity contribution >= 4 is 29.3 Å². The average molecular weight is 293 g/mol. The third kappa shape index (κ3) is 3.48. The average Bonchev–Trinajstić information content (AvgIpc) is 2.78. The maximum atomic E-state index is 12.4. The lowest BCUT2D eigenvalue weighted by Gasteiger charge is -2.29. The minimum atomic E-state index is -0.976. The van der Waals surface area contributed by atoms with Gasteiger partial charge in [-0.1, -0.05) is 6.92 Å². The number of piperidine rings is 1. The molecule has 0 radical (unpaired) electrons. The summed E-state index contributed by atoms with van der Waals surface area (Å²) in [5.74, 6) is -0.214. The molecule has 1 aromatic rings. The van der Waals surface area contributed by atoms with Crippen LogP contribution < -0.4 is 0 Å². The van der Waals surface area contributed by atoms with E-state index in [0.29, 0.717) is 10.8 Å². The lowest BCUT2D eigenvalue weighted by molar-refractivity contribution is -0.131. The zero-order chi connectivity index (χ0) is 14.7. The summed E-state index contributed by atoms with van der Waals surface area (Å²) < 4.78 is 0. The number of nitrogens with zero attached hydrogens (tertiary/aromatic N) is 1. The van der Waals surface area contributed by atoms with Crippen LogP contribution in [0.5, 0.6) is 0 Å². The zero-order valence-electron chi connectivity index (χ0n) is 11.8. The summed E-state index contributed by atoms with van der Waals surface area (Å²) in [6, 6.07) is 1.85. The number of aliphatic carboxylic acids is 1. The van der Waals surface area contributed by atoms with Gasteiger partial charge >= 0.3 is 5.97 Å². The Hall–Kier alpha value is -1.62. The molecule has 0 unspecified atom stereocenters. The number of hydrogen-bond donors (Lipinski definition) is 1. The molecule has 0 saturated carbocycles. The lowest BCUT2D eigenvalue weighted by atomic mass is 9.99. The molecular weight excluding hydrogens is 274 g/mol. The largest absolute Gasteiger partial charge is 0.478 e. The molecule has 1 amide bonds. The van der Waals surface area contributed by atoms with E-state index in [0.717, 1.165) is 42.4 Å². The van der Waals surface area contributed by atoms with Gasteiger partial charge in [0.15, 0.2) is 0 Å². The first-order valence-electron chi connectivity index (χ1n) is 6.78. The molecule has 0 aromatic carbocycles. The van der Waals surface area contributed by atoms with Gasteiger partial charge in [-0.25, -0.2) is 4.79 Å². The Labute approximate surface area is 122 Å². The summed E-state index contributed by atoms with van der Waals surface area (Å²) in [7, 11) is 0. The second-order valence-electron chi connectivity index (χ2n) is 5.30. The molecule has 4 nitrogen and oxygen atoms in total. The number of hydrogen-bond acceptors (Lipinski definition) is 3. The standard InChI is InChI=1S/C15H19NO3S/c1-10-5-7-16(8-6-10)15(19)13-9-11(2)12(20-13)3-4-14(17)18/h3-4,9-10H,5-8H2,1-2H3,(H,17,18)/b4-3+. The molecule has 1 aliphatic heterocycles. The van der Waals surface area contributed by atoms with Crippen molar-refractivity contribution in [3.05, 3.63) is 27.5 Å². The smallest absolute Gasteiger partial charge is 0.328 e. The van der Waals surface area contributed by atoms with E-state index in [4.69, 9.17) is 5.11 Å². The van der Waals surface area contributed by atoms with Gasteiger partial charge in [-0.05, 0) is 43.4 Å². The Morgan fingerprint density at radius 2 is 2.05 bits per heavy atom. The molecule has 2 heterocycles. The highest BCUT2D eigenvalue weighted by Gasteiger charge is 2.23. The third-order valence-corrected chi connectivity index (χ3v) is 4.81. The summed E-state index contributed by atoms with van der Waals surface area (Å²) >= 11 is 1.36. The van der Waals surface area contributed by atoms with Gasteiger partial charge in [0.2, 0.25) is 0 Å². The number of rotatable bonds is 3. The normalized spacial score (nSPS) is 16.8. The van der Waals surface area contributed by atoms with E-state index in [9.17, 15) is 9.59 Å². The molecule has 1 aliphatic rings. The maximum absolute atomic E-state index is 12.4. The second-order valence-corrected chi connectivity index (χ2v) is 6.39. The van der Waals surface area contributed by atoms with E-state index in [-0.39, 0.29) is 5.91 Å². The van der Waals surface area contributed by atoms with Gasteiger partial charge < -0.3 is 10.0 Å². The summed E-state index contributed by atoms with van der Waals surface area (Å²) in [5.41, 5.74) is 0.946. The van der Waals surface area contributed by atoms with Gasteiger partial charge in [-0.2, -0.15) is 0 Å². The number of carbonyl (C=O) groups is 2. The van der Waals surface area contributed by atoms with Gasteiger partial charge in [0.05, 0.1) is 4.88 Å². The van der Waals surface area contributed by atoms with Crippen molar-refractivity contribution < 1.29 is 14.7 Å². The summed E-state index contributed by atoms with van der Waals surface area (Å²) in [6.45, 7) is 5.74. The van der Waals surface area contributed by atoms with Crippen molar-refractivity contribution in [1.82, 2.24) is 4.90 Å². The topological polar surface area (TPSA) is 57.6 Å². The van der Waals surface area contributed by atoms with Gasteiger partial charge in [0.1, 0.15) is 0 Å². The molecule has 20 heavy (non-hydrogen) atoms. The third-order valence-electron chi connectivity index (χ3n) is 3.62. The Morgan fingerprint density at radius 3 is 2.65 bits per heavy atom. The molecule has 1 N–H and O–H groups in total. The first kappa shape index (κ1) is 14.8. The van der Waals surface area contributed by atoms with Crippen molar-refractivity contribution in [1.29, 1.82) is 0 Å². The quantitative estimate of drug-likeness (QED) is 0.871. The SMILES string of the molecule is Cc1cc(C(=O)N2CCC(C)CC2)sc1/C=C/C(=O)O. The van der Waals surface area contributed by atoms with E-state index in [2.05, 4.69) is 6.92 Å². The predicted molar refractivity (Wildman–Crippen MR) is 80.0 cm³/mol. The fourth-order valence-electron chi connectivity index (χ4n) is 2.28. The van der Waals surface area contributed by atoms with Crippen LogP contribution in [0.3, 0.4) is 0 Å². The van der Waals surface area contributed by atoms with Crippen LogP contribution in [0.25, 0.3) is 6.08 Å². The van der Waals surface area contributed by atoms with Gasteiger partial charge in [0.25, 0.3) is 5.91 Å². The van der Waals surface area contributed by atoms with E-state index in [1.807, 2.05) is 17.9 Å². The fraction of sp³-hybridized carbons (Fsp3) is 0.467. The molecule has 1 fully saturated rings. The van der Waals surface area contributed by atoms with Crippen molar-refractivity contribution in [3.63, 3.8) is 0 Å². The molecule has 108 valence electrons. The van der Waals surface area contributed by atoms with Crippen molar-refractivity contribution in [2.75, 3.05) is 13.1 Å². The molecule has 5 heteroatoms. The highest BCUT2D eigenvalue weighted by Crippen LogP contribution is 2.26. The first-order valence-corrected chi connectivity index (χ1v) is 7.59. The fourth-order valence-corrected chi connectivity index (χ4v) is 3.33. The van der Waals surface area contributed by atoms with E-state index < -0.39 is 5.97 Å². The van der Waals surface area contributed by atoms with Crippen LogP contribution in [0.15, 0.2) is 12.1 Å². The molecule has 2 rings (SSSR count). The van der Waals surface area contributed by atoms with E-state index in [1.54, 1.807) is 6.08 Å². The molecule has 1 saturated heterocycles. The Morgan fingerprint density at radius 1 is 1.40 bits per heavy atom. The Kier molecular flexibility index (Phi) is 4.60. The van der Waals surface area contributed by atoms with Crippen LogP contribution in [0, 0.1) is 12.8 Å². The van der Waals surface area contributed by atoms with Gasteiger partial charge in [-0.3, -0.25) is 4.79 Å². The predicted octanol–water partition coefficient (Wildman–Crippen LogP) is 3.03. The number of carbonyl (C=O) groups excluding carboxylic acids is 1. The van der Waals surface area contributed by atoms with Crippen molar-refractivity contribution in [3.8, 4) is 0 Å². The summed E-state index contributed by atoms with van der Waals surface area (Å²) in [5, 5.41) is 8.65. The Bertz CT molecular complexity index is 539. The summed E-state index contributed by atoms with van der Waals surface area (Å²) in [4.78, 5) is 26.4. The minimum absolute atomic E-state index is 0.0694. The van der Waals surface area contributed by atoms with Crippen LogP contribution in [0.2, 0.25) is 0 Å². The number of aryl methyl sites for hydroxylation is 1. The zero-order valence-corrected chi connectivity index (χ0v) is 12.6. The van der Waals surface area contributed by atoms with Gasteiger partial charge in [0, 0.05) is 24.0 Å². The molecule has 0 aliphatic carbocycles. The first-order chi connectivity index (χ1) is 9.47. The molecule has 0 atom stereocenters. The van der Waals surface area contributed by atoms with Crippen LogP contribution in [-0.4, -0.2) is 35.0 Å². The molecule has 1 aromatic heterocycles. The van der Waals surface area contributed by atoms with Crippen LogP contribution in [-0.2, 0) is 4.79 Å². The lowest BCUT2D eigenvalue weighted by Crippen LogP contribution is -2.37. The number of carboxylic acid groups (broad SMARTS) is 1. The molecule has 0 bridgehead atoms. The second kappa shape index (κ2) is 6.22. The molecular formula is C15H19NO3S. The maximum Gasteiger partial charge on any atom is 0.328 e. The van der Waals surface area contributed by atoms with Gasteiger partial charge in [-0.15, -0.1) is 11.3 Å². The number of likely N-dealkylation sites (tertiary alicyclic amines) is 1.